The van der Waals surface area contributed by atoms with E-state index in [2.05, 4.69) is 6.07 Å². The summed E-state index contributed by atoms with van der Waals surface area (Å²) < 4.78 is 17.0. The molecule has 0 aromatic heterocycles. The molecule has 0 aliphatic rings. The fourth-order valence-electron chi connectivity index (χ4n) is 0.630. The van der Waals surface area contributed by atoms with Gasteiger partial charge in [0.1, 0.15) is 5.82 Å². The van der Waals surface area contributed by atoms with Crippen molar-refractivity contribution in [2.75, 3.05) is 12.8 Å². The summed E-state index contributed by atoms with van der Waals surface area (Å²) >= 11 is 0. The Kier molecular flexibility index (Phi) is 1.76. The molecule has 0 unspecified atom stereocenters. The van der Waals surface area contributed by atoms with Gasteiger partial charge in [0.2, 0.25) is 0 Å². The average Bonchev–Trinajstić information content (AvgIpc) is 1.94. The van der Waals surface area contributed by atoms with Crippen molar-refractivity contribution in [3.8, 4) is 5.75 Å². The fourth-order valence-corrected chi connectivity index (χ4v) is 0.630. The van der Waals surface area contributed by atoms with Crippen LogP contribution in [-0.4, -0.2) is 7.11 Å². The maximum absolute atomic E-state index is 12.3. The van der Waals surface area contributed by atoms with Crippen LogP contribution in [0.1, 0.15) is 0 Å². The average molecular weight is 140 g/mol. The van der Waals surface area contributed by atoms with E-state index in [4.69, 9.17) is 10.5 Å². The van der Waals surface area contributed by atoms with Crippen molar-refractivity contribution in [1.29, 1.82) is 0 Å². The number of methoxy groups -OCH3 is 1. The quantitative estimate of drug-likeness (QED) is 0.595. The lowest BCUT2D eigenvalue weighted by atomic mass is 10.3. The van der Waals surface area contributed by atoms with E-state index in [9.17, 15) is 4.39 Å². The van der Waals surface area contributed by atoms with Crippen LogP contribution < -0.4 is 10.5 Å². The number of rotatable bonds is 1. The van der Waals surface area contributed by atoms with Gasteiger partial charge in [0.25, 0.3) is 0 Å². The van der Waals surface area contributed by atoms with E-state index in [0.717, 1.165) is 0 Å². The summed E-state index contributed by atoms with van der Waals surface area (Å²) in [5.74, 6) is -0.217. The summed E-state index contributed by atoms with van der Waals surface area (Å²) in [6, 6.07) is 4.98. The van der Waals surface area contributed by atoms with Crippen molar-refractivity contribution < 1.29 is 9.13 Å². The maximum atomic E-state index is 12.3. The van der Waals surface area contributed by atoms with Gasteiger partial charge >= 0.3 is 0 Å². The Morgan fingerprint density at radius 1 is 1.60 bits per heavy atom. The first-order valence-corrected chi connectivity index (χ1v) is 2.75. The third kappa shape index (κ3) is 1.18. The highest BCUT2D eigenvalue weighted by atomic mass is 19.1. The highest BCUT2D eigenvalue weighted by molar-refractivity contribution is 5.51. The molecule has 1 aromatic rings. The molecular formula is C7H7FNO. The first-order valence-electron chi connectivity index (χ1n) is 2.75. The van der Waals surface area contributed by atoms with E-state index in [-0.39, 0.29) is 5.75 Å². The van der Waals surface area contributed by atoms with Crippen LogP contribution in [0.3, 0.4) is 0 Å². The van der Waals surface area contributed by atoms with Crippen LogP contribution in [0.2, 0.25) is 0 Å². The number of hydrogen-bond donors (Lipinski definition) is 1. The van der Waals surface area contributed by atoms with Gasteiger partial charge in [0.05, 0.1) is 18.9 Å². The van der Waals surface area contributed by atoms with Gasteiger partial charge in [-0.25, -0.2) is 4.39 Å². The summed E-state index contributed by atoms with van der Waals surface area (Å²) in [6.45, 7) is 0. The molecule has 1 radical (unpaired) electrons. The minimum Gasteiger partial charge on any atom is -0.494 e. The molecule has 0 spiro atoms. The molecule has 2 N–H and O–H groups in total. The van der Waals surface area contributed by atoms with Crippen LogP contribution in [-0.2, 0) is 0 Å². The molecule has 53 valence electrons. The first kappa shape index (κ1) is 6.86. The second-order valence-corrected chi connectivity index (χ2v) is 1.79. The van der Waals surface area contributed by atoms with E-state index >= 15 is 0 Å². The molecule has 0 saturated carbocycles. The van der Waals surface area contributed by atoms with E-state index in [1.165, 1.54) is 19.2 Å². The summed E-state index contributed by atoms with van der Waals surface area (Å²) in [4.78, 5) is 0. The predicted octanol–water partition coefficient (Wildman–Crippen LogP) is 1.22. The van der Waals surface area contributed by atoms with Crippen molar-refractivity contribution in [1.82, 2.24) is 0 Å². The zero-order valence-corrected chi connectivity index (χ0v) is 5.52. The largest absolute Gasteiger partial charge is 0.494 e. The second kappa shape index (κ2) is 2.56. The SMILES string of the molecule is COc1[c]c(F)ccc1N. The number of nitrogen functional groups attached to an aromatic ring is 1. The van der Waals surface area contributed by atoms with Crippen LogP contribution in [0.15, 0.2) is 12.1 Å². The molecule has 2 nitrogen and oxygen atoms in total. The van der Waals surface area contributed by atoms with Crippen molar-refractivity contribution in [2.45, 2.75) is 0 Å². The zero-order chi connectivity index (χ0) is 7.56. The lowest BCUT2D eigenvalue weighted by molar-refractivity contribution is 0.412. The van der Waals surface area contributed by atoms with E-state index in [0.29, 0.717) is 5.69 Å². The van der Waals surface area contributed by atoms with Gasteiger partial charge < -0.3 is 10.5 Å². The molecule has 3 heteroatoms. The van der Waals surface area contributed by atoms with Crippen LogP contribution in [0.5, 0.6) is 5.75 Å². The Balaban J connectivity index is 3.09. The number of benzene rings is 1. The Morgan fingerprint density at radius 3 is 2.80 bits per heavy atom. The standard InChI is InChI=1S/C7H7FNO/c1-10-7-4-5(8)2-3-6(7)9/h2-3H,9H2,1H3. The summed E-state index contributed by atoms with van der Waals surface area (Å²) in [5.41, 5.74) is 5.77. The lowest BCUT2D eigenvalue weighted by Gasteiger charge is -2.01. The van der Waals surface area contributed by atoms with Gasteiger partial charge in [-0.1, -0.05) is 0 Å². The molecule has 1 aromatic carbocycles. The Hall–Kier alpha value is -1.25. The van der Waals surface area contributed by atoms with Gasteiger partial charge in [-0.15, -0.1) is 0 Å². The molecule has 0 saturated heterocycles. The maximum Gasteiger partial charge on any atom is 0.152 e. The summed E-state index contributed by atoms with van der Waals surface area (Å²) in [5, 5.41) is 0. The van der Waals surface area contributed by atoms with Crippen LogP contribution in [0.4, 0.5) is 10.1 Å². The predicted molar refractivity (Wildman–Crippen MR) is 36.2 cm³/mol. The third-order valence-electron chi connectivity index (χ3n) is 1.11. The van der Waals surface area contributed by atoms with Crippen molar-refractivity contribution in [2.24, 2.45) is 0 Å². The number of nitrogens with two attached hydrogens (primary N) is 1. The lowest BCUT2D eigenvalue weighted by Crippen LogP contribution is -1.92. The monoisotopic (exact) mass is 140 g/mol. The Morgan fingerprint density at radius 2 is 2.30 bits per heavy atom. The molecule has 0 heterocycles. The number of ether oxygens (including phenoxy) is 1. The number of halogens is 1. The smallest absolute Gasteiger partial charge is 0.152 e. The second-order valence-electron chi connectivity index (χ2n) is 1.79. The molecular weight excluding hydrogens is 133 g/mol. The molecule has 0 amide bonds. The molecule has 0 atom stereocenters. The van der Waals surface area contributed by atoms with Crippen LogP contribution in [0, 0.1) is 11.9 Å². The third-order valence-corrected chi connectivity index (χ3v) is 1.11. The fraction of sp³-hybridized carbons (Fsp3) is 0.143. The van der Waals surface area contributed by atoms with Crippen molar-refractivity contribution >= 4 is 5.69 Å². The van der Waals surface area contributed by atoms with Gasteiger partial charge in [0.15, 0.2) is 5.75 Å². The summed E-state index contributed by atoms with van der Waals surface area (Å²) in [6.07, 6.45) is 0. The summed E-state index contributed by atoms with van der Waals surface area (Å²) in [7, 11) is 1.42. The molecule has 10 heavy (non-hydrogen) atoms. The minimum absolute atomic E-state index is 0.250. The van der Waals surface area contributed by atoms with E-state index < -0.39 is 5.82 Å². The highest BCUT2D eigenvalue weighted by Crippen LogP contribution is 2.19. The molecule has 1 rings (SSSR count). The number of hydrogen-bond acceptors (Lipinski definition) is 2. The van der Waals surface area contributed by atoms with E-state index in [1.54, 1.807) is 0 Å². The normalized spacial score (nSPS) is 9.40. The Bertz CT molecular complexity index is 237. The van der Waals surface area contributed by atoms with Crippen molar-refractivity contribution in [3.05, 3.63) is 24.0 Å². The van der Waals surface area contributed by atoms with Crippen LogP contribution >= 0.6 is 0 Å². The Labute approximate surface area is 58.4 Å². The first-order chi connectivity index (χ1) is 4.74. The van der Waals surface area contributed by atoms with Gasteiger partial charge in [0, 0.05) is 0 Å². The highest BCUT2D eigenvalue weighted by Gasteiger charge is 1.99. The van der Waals surface area contributed by atoms with E-state index in [1.807, 2.05) is 0 Å². The zero-order valence-electron chi connectivity index (χ0n) is 5.52. The molecule has 0 fully saturated rings. The number of anilines is 1. The van der Waals surface area contributed by atoms with Gasteiger partial charge in [-0.2, -0.15) is 0 Å². The molecule has 0 aliphatic carbocycles. The van der Waals surface area contributed by atoms with Gasteiger partial charge in [-0.3, -0.25) is 0 Å². The van der Waals surface area contributed by atoms with Crippen LogP contribution in [0.25, 0.3) is 0 Å². The van der Waals surface area contributed by atoms with Crippen molar-refractivity contribution in [3.63, 3.8) is 0 Å². The minimum atomic E-state index is -0.467. The topological polar surface area (TPSA) is 35.2 Å². The van der Waals surface area contributed by atoms with Gasteiger partial charge in [-0.05, 0) is 12.1 Å². The molecule has 0 bridgehead atoms. The molecule has 0 aliphatic heterocycles.